The summed E-state index contributed by atoms with van der Waals surface area (Å²) in [5, 5.41) is 42.6. The number of aliphatic hydroxyl groups is 2. The fourth-order valence-corrected chi connectivity index (χ4v) is 10.7. The number of fused-ring (bicyclic) bond motifs is 7. The van der Waals surface area contributed by atoms with Gasteiger partial charge in [-0.1, -0.05) is 46.3 Å². The number of carbonyl (C=O) groups is 2. The second-order valence-corrected chi connectivity index (χ2v) is 15.0. The van der Waals surface area contributed by atoms with Gasteiger partial charge in [-0.15, -0.1) is 0 Å². The van der Waals surface area contributed by atoms with E-state index in [2.05, 4.69) is 40.7 Å². The summed E-state index contributed by atoms with van der Waals surface area (Å²) in [6.45, 7) is 13.0. The molecule has 202 valence electrons. The van der Waals surface area contributed by atoms with Crippen molar-refractivity contribution in [2.24, 2.45) is 50.2 Å². The summed E-state index contributed by atoms with van der Waals surface area (Å²) in [5.74, 6) is -1.71. The van der Waals surface area contributed by atoms with Gasteiger partial charge in [-0.25, -0.2) is 0 Å². The van der Waals surface area contributed by atoms with Gasteiger partial charge in [-0.3, -0.25) is 9.59 Å². The Labute approximate surface area is 215 Å². The van der Waals surface area contributed by atoms with Crippen molar-refractivity contribution in [2.75, 3.05) is 0 Å². The number of hydrogen-bond acceptors (Lipinski definition) is 4. The lowest BCUT2D eigenvalue weighted by Crippen LogP contribution is -2.68. The number of carboxylic acids is 2. The molecule has 0 aromatic rings. The molecular weight excluding hydrogens is 456 g/mol. The van der Waals surface area contributed by atoms with Gasteiger partial charge in [0.1, 0.15) is 0 Å². The van der Waals surface area contributed by atoms with E-state index in [1.807, 2.05) is 0 Å². The monoisotopic (exact) mass is 502 g/mol. The van der Waals surface area contributed by atoms with Crippen molar-refractivity contribution in [3.63, 3.8) is 0 Å². The minimum Gasteiger partial charge on any atom is -0.481 e. The summed E-state index contributed by atoms with van der Waals surface area (Å²) >= 11 is 0. The number of hydrogen-bond donors (Lipinski definition) is 4. The lowest BCUT2D eigenvalue weighted by molar-refractivity contribution is -0.239. The maximum Gasteiger partial charge on any atom is 0.312 e. The third-order valence-electron chi connectivity index (χ3n) is 13.1. The molecule has 0 aromatic carbocycles. The summed E-state index contributed by atoms with van der Waals surface area (Å²) in [6.07, 6.45) is 6.80. The Morgan fingerprint density at radius 3 is 2.08 bits per heavy atom. The predicted molar refractivity (Wildman–Crippen MR) is 136 cm³/mol. The van der Waals surface area contributed by atoms with Crippen molar-refractivity contribution in [3.8, 4) is 0 Å². The van der Waals surface area contributed by atoms with E-state index in [0.29, 0.717) is 19.3 Å². The molecule has 0 bridgehead atoms. The normalized spacial score (nSPS) is 53.7. The highest BCUT2D eigenvalue weighted by molar-refractivity contribution is 5.77. The Bertz CT molecular complexity index is 1020. The van der Waals surface area contributed by atoms with Gasteiger partial charge in [-0.2, -0.15) is 0 Å². The Hall–Kier alpha value is -1.40. The molecule has 6 heteroatoms. The quantitative estimate of drug-likeness (QED) is 0.383. The standard InChI is InChI=1S/C30H46O6/c1-25(2)11-13-30(24(35)36)14-12-27(4)17(18(30)15-25)7-8-20-26(3)16-19(31)22(32)29(6,23(33)34)21(26)9-10-28(20,27)5/h7,18-22,31-32H,8-16H2,1-6H3,(H,33,34)(H,35,36)/t18-,19+,20+,21+,22-,26+,27+,28+,29-,30-/m0/s1. The van der Waals surface area contributed by atoms with Crippen LogP contribution in [0.3, 0.4) is 0 Å². The van der Waals surface area contributed by atoms with Crippen LogP contribution in [-0.4, -0.2) is 44.6 Å². The Morgan fingerprint density at radius 2 is 1.47 bits per heavy atom. The molecule has 0 saturated heterocycles. The molecule has 0 aliphatic heterocycles. The second kappa shape index (κ2) is 7.59. The van der Waals surface area contributed by atoms with Crippen LogP contribution < -0.4 is 0 Å². The van der Waals surface area contributed by atoms with Crippen LogP contribution >= 0.6 is 0 Å². The minimum atomic E-state index is -1.39. The van der Waals surface area contributed by atoms with Gasteiger partial charge in [0, 0.05) is 0 Å². The molecule has 0 heterocycles. The van der Waals surface area contributed by atoms with Crippen molar-refractivity contribution in [3.05, 3.63) is 11.6 Å². The number of aliphatic carboxylic acids is 2. The zero-order chi connectivity index (χ0) is 26.7. The fraction of sp³-hybridized carbons (Fsp3) is 0.867. The molecule has 10 atom stereocenters. The lowest BCUT2D eigenvalue weighted by atomic mass is 9.33. The van der Waals surface area contributed by atoms with E-state index in [-0.39, 0.29) is 34.0 Å². The summed E-state index contributed by atoms with van der Waals surface area (Å²) < 4.78 is 0. The topological polar surface area (TPSA) is 115 Å². The molecule has 4 fully saturated rings. The highest BCUT2D eigenvalue weighted by Gasteiger charge is 2.71. The number of carboxylic acid groups (broad SMARTS) is 2. The Kier molecular flexibility index (Phi) is 5.53. The molecule has 0 aromatic heterocycles. The fourth-order valence-electron chi connectivity index (χ4n) is 10.7. The van der Waals surface area contributed by atoms with Crippen LogP contribution in [0.2, 0.25) is 0 Å². The van der Waals surface area contributed by atoms with Gasteiger partial charge >= 0.3 is 11.9 Å². The number of allylic oxidation sites excluding steroid dienone is 2. The van der Waals surface area contributed by atoms with Crippen LogP contribution in [-0.2, 0) is 9.59 Å². The summed E-state index contributed by atoms with van der Waals surface area (Å²) in [4.78, 5) is 25.3. The molecule has 0 radical (unpaired) electrons. The van der Waals surface area contributed by atoms with Crippen LogP contribution in [0.1, 0.15) is 99.3 Å². The molecule has 0 amide bonds. The average Bonchev–Trinajstić information content (AvgIpc) is 2.77. The molecule has 36 heavy (non-hydrogen) atoms. The third-order valence-corrected chi connectivity index (χ3v) is 13.1. The van der Waals surface area contributed by atoms with Crippen molar-refractivity contribution in [1.29, 1.82) is 0 Å². The van der Waals surface area contributed by atoms with E-state index in [4.69, 9.17) is 0 Å². The van der Waals surface area contributed by atoms with Gasteiger partial charge in [0.15, 0.2) is 0 Å². The Balaban J connectivity index is 1.62. The van der Waals surface area contributed by atoms with E-state index in [0.717, 1.165) is 38.5 Å². The maximum atomic E-state index is 12.8. The molecule has 0 unspecified atom stereocenters. The van der Waals surface area contributed by atoms with Crippen molar-refractivity contribution in [2.45, 2.75) is 112 Å². The first-order valence-electron chi connectivity index (χ1n) is 14.0. The predicted octanol–water partition coefficient (Wildman–Crippen LogP) is 5.27. The molecule has 5 aliphatic carbocycles. The molecule has 4 saturated carbocycles. The average molecular weight is 503 g/mol. The maximum absolute atomic E-state index is 12.8. The first-order valence-corrected chi connectivity index (χ1v) is 14.0. The van der Waals surface area contributed by atoms with Gasteiger partial charge in [0.2, 0.25) is 0 Å². The zero-order valence-electron chi connectivity index (χ0n) is 22.9. The highest BCUT2D eigenvalue weighted by atomic mass is 16.4. The largest absolute Gasteiger partial charge is 0.481 e. The highest BCUT2D eigenvalue weighted by Crippen LogP contribution is 2.75. The van der Waals surface area contributed by atoms with Crippen molar-refractivity contribution < 1.29 is 30.0 Å². The molecule has 5 rings (SSSR count). The van der Waals surface area contributed by atoms with Crippen LogP contribution in [0.4, 0.5) is 0 Å². The van der Waals surface area contributed by atoms with Gasteiger partial charge in [0.25, 0.3) is 0 Å². The first kappa shape index (κ1) is 26.2. The second-order valence-electron chi connectivity index (χ2n) is 15.0. The lowest BCUT2D eigenvalue weighted by Gasteiger charge is -2.71. The van der Waals surface area contributed by atoms with E-state index < -0.39 is 40.4 Å². The summed E-state index contributed by atoms with van der Waals surface area (Å²) in [6, 6.07) is 0. The molecule has 0 spiro atoms. The smallest absolute Gasteiger partial charge is 0.312 e. The summed E-state index contributed by atoms with van der Waals surface area (Å²) in [5.41, 5.74) is -1.36. The third kappa shape index (κ3) is 2.98. The van der Waals surface area contributed by atoms with Crippen LogP contribution in [0.15, 0.2) is 11.6 Å². The number of rotatable bonds is 2. The zero-order valence-corrected chi connectivity index (χ0v) is 22.9. The van der Waals surface area contributed by atoms with E-state index in [1.54, 1.807) is 6.92 Å². The minimum absolute atomic E-state index is 0.0314. The first-order chi connectivity index (χ1) is 16.5. The van der Waals surface area contributed by atoms with Gasteiger partial charge < -0.3 is 20.4 Å². The SMILES string of the molecule is CC1(C)CC[C@]2(C(=O)O)CC[C@]3(C)C(=CC[C@@H]4[C@@]5(C)C[C@@H](O)[C@H](O)[C@@](C)(C(=O)O)[C@@H]5CC[C@]43C)[C@@H]2C1. The molecule has 6 nitrogen and oxygen atoms in total. The summed E-state index contributed by atoms with van der Waals surface area (Å²) in [7, 11) is 0. The van der Waals surface area contributed by atoms with E-state index >= 15 is 0 Å². The van der Waals surface area contributed by atoms with Crippen molar-refractivity contribution in [1.82, 2.24) is 0 Å². The van der Waals surface area contributed by atoms with Gasteiger partial charge in [0.05, 0.1) is 23.0 Å². The molecular formula is C30H46O6. The van der Waals surface area contributed by atoms with Crippen LogP contribution in [0, 0.1) is 50.2 Å². The van der Waals surface area contributed by atoms with Gasteiger partial charge in [-0.05, 0) is 104 Å². The van der Waals surface area contributed by atoms with Crippen molar-refractivity contribution >= 4 is 11.9 Å². The van der Waals surface area contributed by atoms with Crippen LogP contribution in [0.25, 0.3) is 0 Å². The van der Waals surface area contributed by atoms with Crippen LogP contribution in [0.5, 0.6) is 0 Å². The molecule has 5 aliphatic rings. The molecule has 4 N–H and O–H groups in total. The Morgan fingerprint density at radius 1 is 0.833 bits per heavy atom. The van der Waals surface area contributed by atoms with E-state index in [9.17, 15) is 30.0 Å². The number of aliphatic hydroxyl groups excluding tert-OH is 2. The van der Waals surface area contributed by atoms with E-state index in [1.165, 1.54) is 5.57 Å².